The van der Waals surface area contributed by atoms with Gasteiger partial charge in [0.15, 0.2) is 17.3 Å². The Hall–Kier alpha value is -3.13. The molecule has 0 atom stereocenters. The minimum atomic E-state index is -1.36. The van der Waals surface area contributed by atoms with Gasteiger partial charge in [0.25, 0.3) is 5.91 Å². The Kier molecular flexibility index (Phi) is 8.87. The quantitative estimate of drug-likeness (QED) is 0.452. The van der Waals surface area contributed by atoms with Gasteiger partial charge in [0, 0.05) is 18.6 Å². The van der Waals surface area contributed by atoms with Gasteiger partial charge in [-0.1, -0.05) is 49.9 Å². The molecule has 0 radical (unpaired) electrons. The van der Waals surface area contributed by atoms with Crippen LogP contribution in [0.4, 0.5) is 4.39 Å². The van der Waals surface area contributed by atoms with Crippen molar-refractivity contribution in [1.82, 2.24) is 5.32 Å². The van der Waals surface area contributed by atoms with E-state index < -0.39 is 23.2 Å². The van der Waals surface area contributed by atoms with Crippen molar-refractivity contribution in [1.29, 1.82) is 0 Å². The summed E-state index contributed by atoms with van der Waals surface area (Å²) in [6.07, 6.45) is 5.02. The SMILES string of the molecule is COc1c(F)cc(C(=O)NC2(C(=O)O)CCCCCC2)cc1OCCc1cccc(CCO)c1. The van der Waals surface area contributed by atoms with Gasteiger partial charge < -0.3 is 25.0 Å². The summed E-state index contributed by atoms with van der Waals surface area (Å²) in [6.45, 7) is 0.275. The van der Waals surface area contributed by atoms with E-state index in [1.165, 1.54) is 13.2 Å². The normalized spacial score (nSPS) is 15.3. The van der Waals surface area contributed by atoms with E-state index in [2.05, 4.69) is 5.32 Å². The summed E-state index contributed by atoms with van der Waals surface area (Å²) in [5.74, 6) is -2.54. The van der Waals surface area contributed by atoms with Gasteiger partial charge in [-0.3, -0.25) is 4.79 Å². The fourth-order valence-corrected chi connectivity index (χ4v) is 4.37. The fraction of sp³-hybridized carbons (Fsp3) is 0.462. The molecule has 0 aliphatic heterocycles. The average molecular weight is 474 g/mol. The lowest BCUT2D eigenvalue weighted by atomic mass is 9.89. The van der Waals surface area contributed by atoms with Crippen LogP contribution in [0.2, 0.25) is 0 Å². The van der Waals surface area contributed by atoms with Crippen LogP contribution < -0.4 is 14.8 Å². The number of ether oxygens (including phenoxy) is 2. The third-order valence-corrected chi connectivity index (χ3v) is 6.24. The van der Waals surface area contributed by atoms with Gasteiger partial charge in [-0.2, -0.15) is 0 Å². The molecule has 1 amide bonds. The van der Waals surface area contributed by atoms with Crippen LogP contribution in [0.15, 0.2) is 36.4 Å². The molecule has 0 aromatic heterocycles. The fourth-order valence-electron chi connectivity index (χ4n) is 4.37. The van der Waals surface area contributed by atoms with E-state index in [0.717, 1.165) is 30.0 Å². The highest BCUT2D eigenvalue weighted by molar-refractivity contribution is 5.98. The lowest BCUT2D eigenvalue weighted by molar-refractivity contribution is -0.145. The first-order chi connectivity index (χ1) is 16.4. The van der Waals surface area contributed by atoms with Crippen LogP contribution in [0, 0.1) is 5.82 Å². The first-order valence-electron chi connectivity index (χ1n) is 11.6. The molecule has 8 heteroatoms. The molecule has 2 aromatic carbocycles. The predicted octanol–water partition coefficient (Wildman–Crippen LogP) is 3.90. The van der Waals surface area contributed by atoms with Gasteiger partial charge in [0.05, 0.1) is 13.7 Å². The van der Waals surface area contributed by atoms with Gasteiger partial charge in [-0.25, -0.2) is 9.18 Å². The maximum absolute atomic E-state index is 14.7. The zero-order valence-corrected chi connectivity index (χ0v) is 19.4. The largest absolute Gasteiger partial charge is 0.490 e. The molecule has 34 heavy (non-hydrogen) atoms. The Balaban J connectivity index is 1.75. The number of hydrogen-bond donors (Lipinski definition) is 3. The third kappa shape index (κ3) is 6.26. The lowest BCUT2D eigenvalue weighted by Gasteiger charge is -2.29. The number of aliphatic hydroxyl groups excluding tert-OH is 1. The molecule has 3 rings (SSSR count). The van der Waals surface area contributed by atoms with Gasteiger partial charge in [0.1, 0.15) is 5.54 Å². The number of aliphatic hydroxyl groups is 1. The zero-order valence-electron chi connectivity index (χ0n) is 19.4. The molecular weight excluding hydrogens is 441 g/mol. The zero-order chi connectivity index (χ0) is 24.6. The highest BCUT2D eigenvalue weighted by Crippen LogP contribution is 2.33. The second-order valence-electron chi connectivity index (χ2n) is 8.64. The molecule has 2 aromatic rings. The summed E-state index contributed by atoms with van der Waals surface area (Å²) in [5, 5.41) is 21.6. The van der Waals surface area contributed by atoms with Crippen LogP contribution >= 0.6 is 0 Å². The number of benzene rings is 2. The molecule has 0 saturated heterocycles. The molecule has 0 unspecified atom stereocenters. The highest BCUT2D eigenvalue weighted by Gasteiger charge is 2.40. The number of hydrogen-bond acceptors (Lipinski definition) is 5. The van der Waals surface area contributed by atoms with Crippen LogP contribution in [-0.4, -0.2) is 48.0 Å². The molecule has 0 spiro atoms. The van der Waals surface area contributed by atoms with Gasteiger partial charge in [0.2, 0.25) is 0 Å². The standard InChI is InChI=1S/C26H32FNO6/c1-33-23-21(27)16-20(24(30)28-26(25(31)32)11-4-2-3-5-12-26)17-22(23)34-14-10-19-8-6-7-18(15-19)9-13-29/h6-8,15-17,29H,2-5,9-14H2,1H3,(H,28,30)(H,31,32). The summed E-state index contributed by atoms with van der Waals surface area (Å²) in [4.78, 5) is 25.0. The molecule has 1 fully saturated rings. The number of halogens is 1. The Labute approximate surface area is 198 Å². The number of carbonyl (C=O) groups is 2. The van der Waals surface area contributed by atoms with Crippen molar-refractivity contribution in [2.45, 2.75) is 56.9 Å². The van der Waals surface area contributed by atoms with E-state index in [1.807, 2.05) is 24.3 Å². The van der Waals surface area contributed by atoms with Crippen molar-refractivity contribution in [2.75, 3.05) is 20.3 Å². The average Bonchev–Trinajstić information content (AvgIpc) is 3.06. The molecule has 1 aliphatic rings. The first-order valence-corrected chi connectivity index (χ1v) is 11.6. The van der Waals surface area contributed by atoms with E-state index in [4.69, 9.17) is 14.6 Å². The van der Waals surface area contributed by atoms with Crippen molar-refractivity contribution in [3.05, 3.63) is 58.9 Å². The molecule has 7 nitrogen and oxygen atoms in total. The van der Waals surface area contributed by atoms with Crippen molar-refractivity contribution in [3.8, 4) is 11.5 Å². The molecule has 184 valence electrons. The van der Waals surface area contributed by atoms with Crippen molar-refractivity contribution in [2.24, 2.45) is 0 Å². The Morgan fingerprint density at radius 2 is 1.74 bits per heavy atom. The predicted molar refractivity (Wildman–Crippen MR) is 125 cm³/mol. The van der Waals surface area contributed by atoms with Crippen molar-refractivity contribution >= 4 is 11.9 Å². The number of aliphatic carboxylic acids is 1. The minimum Gasteiger partial charge on any atom is -0.490 e. The van der Waals surface area contributed by atoms with Gasteiger partial charge in [-0.05, 0) is 42.5 Å². The summed E-state index contributed by atoms with van der Waals surface area (Å²) >= 11 is 0. The Morgan fingerprint density at radius 3 is 2.35 bits per heavy atom. The van der Waals surface area contributed by atoms with E-state index in [0.29, 0.717) is 38.5 Å². The Morgan fingerprint density at radius 1 is 1.06 bits per heavy atom. The summed E-state index contributed by atoms with van der Waals surface area (Å²) < 4.78 is 25.6. The molecular formula is C26H32FNO6. The summed E-state index contributed by atoms with van der Waals surface area (Å²) in [5.41, 5.74) is 0.622. The smallest absolute Gasteiger partial charge is 0.329 e. The molecule has 0 heterocycles. The molecule has 1 aliphatic carbocycles. The van der Waals surface area contributed by atoms with E-state index in [1.54, 1.807) is 0 Å². The maximum atomic E-state index is 14.7. The van der Waals surface area contributed by atoms with Crippen LogP contribution in [0.5, 0.6) is 11.5 Å². The topological polar surface area (TPSA) is 105 Å². The number of rotatable bonds is 10. The van der Waals surface area contributed by atoms with Crippen molar-refractivity contribution < 1.29 is 33.7 Å². The van der Waals surface area contributed by atoms with Crippen LogP contribution in [0.1, 0.15) is 60.0 Å². The lowest BCUT2D eigenvalue weighted by Crippen LogP contribution is -2.54. The number of carboxylic acids is 1. The van der Waals surface area contributed by atoms with Crippen LogP contribution in [-0.2, 0) is 17.6 Å². The second-order valence-corrected chi connectivity index (χ2v) is 8.64. The van der Waals surface area contributed by atoms with Crippen LogP contribution in [0.3, 0.4) is 0 Å². The highest BCUT2D eigenvalue weighted by atomic mass is 19.1. The number of carboxylic acid groups (broad SMARTS) is 1. The summed E-state index contributed by atoms with van der Waals surface area (Å²) in [6, 6.07) is 10.2. The third-order valence-electron chi connectivity index (χ3n) is 6.24. The van der Waals surface area contributed by atoms with E-state index in [9.17, 15) is 19.1 Å². The molecule has 0 bridgehead atoms. The van der Waals surface area contributed by atoms with Crippen LogP contribution in [0.25, 0.3) is 0 Å². The monoisotopic (exact) mass is 473 g/mol. The molecule has 1 saturated carbocycles. The number of methoxy groups -OCH3 is 1. The maximum Gasteiger partial charge on any atom is 0.329 e. The van der Waals surface area contributed by atoms with E-state index in [-0.39, 0.29) is 30.3 Å². The van der Waals surface area contributed by atoms with Crippen molar-refractivity contribution in [3.63, 3.8) is 0 Å². The van der Waals surface area contributed by atoms with E-state index >= 15 is 0 Å². The number of nitrogens with one attached hydrogen (secondary N) is 1. The minimum absolute atomic E-state index is 0.0249. The van der Waals surface area contributed by atoms with Gasteiger partial charge in [-0.15, -0.1) is 0 Å². The van der Waals surface area contributed by atoms with Gasteiger partial charge >= 0.3 is 5.97 Å². The Bertz CT molecular complexity index is 1000. The summed E-state index contributed by atoms with van der Waals surface area (Å²) in [7, 11) is 1.31. The number of amides is 1. The first kappa shape index (κ1) is 25.5. The number of carbonyl (C=O) groups excluding carboxylic acids is 1. The second kappa shape index (κ2) is 11.8. The molecule has 3 N–H and O–H groups in total.